The molecule has 0 radical (unpaired) electrons. The number of carbonyl (C=O) groups is 1. The second-order valence-corrected chi connectivity index (χ2v) is 8.07. The number of anilines is 1. The van der Waals surface area contributed by atoms with Crippen LogP contribution in [-0.4, -0.2) is 11.1 Å². The highest BCUT2D eigenvalue weighted by Crippen LogP contribution is 2.34. The maximum Gasteiger partial charge on any atom is 0.340 e. The molecule has 0 spiro atoms. The second kappa shape index (κ2) is 8.70. The second-order valence-electron chi connectivity index (χ2n) is 8.07. The van der Waals surface area contributed by atoms with Gasteiger partial charge in [-0.2, -0.15) is 0 Å². The first-order valence-corrected chi connectivity index (χ1v) is 10.4. The lowest BCUT2D eigenvalue weighted by Gasteiger charge is -2.20. The summed E-state index contributed by atoms with van der Waals surface area (Å²) in [6.07, 6.45) is 0. The molecule has 0 saturated carbocycles. The highest BCUT2D eigenvalue weighted by molar-refractivity contribution is 5.94. The maximum absolute atomic E-state index is 14.5. The average Bonchev–Trinajstić information content (AvgIpc) is 2.76. The van der Waals surface area contributed by atoms with E-state index in [0.717, 1.165) is 17.7 Å². The first-order chi connectivity index (χ1) is 16.1. The zero-order chi connectivity index (χ0) is 24.7. The van der Waals surface area contributed by atoms with Crippen LogP contribution < -0.4 is 10.7 Å². The molecule has 5 nitrogen and oxygen atoms in total. The number of carboxylic acid groups (broad SMARTS) is 1. The fourth-order valence-electron chi connectivity index (χ4n) is 3.99. The molecule has 0 amide bonds. The minimum Gasteiger partial charge on any atom is -0.478 e. The molecule has 1 heterocycles. The molecule has 2 N–H and O–H groups in total. The standard InChI is InChI=1S/C26H20F3NO4/c1-12-9-17(14(3)30-21-6-4-5-19(28)22(21)26(32)33)25-18(10-12)23(31)13(2)24(34-25)16-8-7-15(27)11-20(16)29/h4-11,14,30H,1-3H3,(H,32,33). The number of aromatic carboxylic acids is 1. The Hall–Kier alpha value is -4.07. The van der Waals surface area contributed by atoms with E-state index < -0.39 is 35.0 Å². The number of fused-ring (bicyclic) bond motifs is 1. The van der Waals surface area contributed by atoms with Crippen molar-refractivity contribution in [2.24, 2.45) is 0 Å². The molecule has 0 aliphatic carbocycles. The molecule has 8 heteroatoms. The molecule has 0 aliphatic heterocycles. The zero-order valence-corrected chi connectivity index (χ0v) is 18.5. The van der Waals surface area contributed by atoms with Crippen LogP contribution in [0.2, 0.25) is 0 Å². The molecule has 0 fully saturated rings. The van der Waals surface area contributed by atoms with Gasteiger partial charge < -0.3 is 14.8 Å². The third-order valence-electron chi connectivity index (χ3n) is 5.63. The predicted molar refractivity (Wildman–Crippen MR) is 123 cm³/mol. The molecular weight excluding hydrogens is 447 g/mol. The summed E-state index contributed by atoms with van der Waals surface area (Å²) in [4.78, 5) is 24.7. The van der Waals surface area contributed by atoms with Gasteiger partial charge in [0.15, 0.2) is 5.43 Å². The van der Waals surface area contributed by atoms with Gasteiger partial charge in [-0.1, -0.05) is 12.1 Å². The number of benzene rings is 3. The van der Waals surface area contributed by atoms with Crippen LogP contribution in [0.25, 0.3) is 22.3 Å². The fraction of sp³-hybridized carbons (Fsp3) is 0.154. The van der Waals surface area contributed by atoms with Crippen LogP contribution >= 0.6 is 0 Å². The molecule has 0 saturated heterocycles. The number of halogens is 3. The molecule has 1 aromatic heterocycles. The summed E-state index contributed by atoms with van der Waals surface area (Å²) >= 11 is 0. The number of carboxylic acids is 1. The van der Waals surface area contributed by atoms with Crippen molar-refractivity contribution < 1.29 is 27.5 Å². The highest BCUT2D eigenvalue weighted by atomic mass is 19.1. The molecule has 1 unspecified atom stereocenters. The summed E-state index contributed by atoms with van der Waals surface area (Å²) in [6, 6.07) is 9.58. The van der Waals surface area contributed by atoms with Crippen LogP contribution in [-0.2, 0) is 0 Å². The van der Waals surface area contributed by atoms with Crippen LogP contribution in [0.4, 0.5) is 18.9 Å². The smallest absolute Gasteiger partial charge is 0.340 e. The highest BCUT2D eigenvalue weighted by Gasteiger charge is 2.22. The first-order valence-electron chi connectivity index (χ1n) is 10.4. The van der Waals surface area contributed by atoms with Crippen molar-refractivity contribution in [3.8, 4) is 11.3 Å². The van der Waals surface area contributed by atoms with E-state index in [-0.39, 0.29) is 39.0 Å². The minimum atomic E-state index is -1.43. The van der Waals surface area contributed by atoms with E-state index >= 15 is 0 Å². The van der Waals surface area contributed by atoms with E-state index in [1.807, 2.05) is 0 Å². The fourth-order valence-corrected chi connectivity index (χ4v) is 3.99. The Balaban J connectivity index is 1.92. The van der Waals surface area contributed by atoms with Gasteiger partial charge in [0.25, 0.3) is 0 Å². The molecule has 34 heavy (non-hydrogen) atoms. The minimum absolute atomic E-state index is 0.0377. The lowest BCUT2D eigenvalue weighted by molar-refractivity contribution is 0.0693. The van der Waals surface area contributed by atoms with Crippen molar-refractivity contribution >= 4 is 22.6 Å². The van der Waals surface area contributed by atoms with E-state index in [2.05, 4.69) is 5.32 Å². The van der Waals surface area contributed by atoms with Gasteiger partial charge in [0.05, 0.1) is 22.7 Å². The van der Waals surface area contributed by atoms with Gasteiger partial charge in [-0.3, -0.25) is 4.79 Å². The summed E-state index contributed by atoms with van der Waals surface area (Å²) in [6.45, 7) is 4.98. The molecule has 4 rings (SSSR count). The van der Waals surface area contributed by atoms with Gasteiger partial charge >= 0.3 is 5.97 Å². The molecule has 3 aromatic carbocycles. The summed E-state index contributed by atoms with van der Waals surface area (Å²) in [5, 5.41) is 12.6. The zero-order valence-electron chi connectivity index (χ0n) is 18.5. The summed E-state index contributed by atoms with van der Waals surface area (Å²) in [5.41, 5.74) is 0.628. The molecular formula is C26H20F3NO4. The Labute approximate surface area is 192 Å². The van der Waals surface area contributed by atoms with Crippen LogP contribution in [0.15, 0.2) is 57.7 Å². The molecule has 1 atom stereocenters. The third-order valence-corrected chi connectivity index (χ3v) is 5.63. The van der Waals surface area contributed by atoms with Gasteiger partial charge in [-0.15, -0.1) is 0 Å². The lowest BCUT2D eigenvalue weighted by Crippen LogP contribution is -2.14. The van der Waals surface area contributed by atoms with Crippen LogP contribution in [0.3, 0.4) is 0 Å². The summed E-state index contributed by atoms with van der Waals surface area (Å²) < 4.78 is 48.1. The SMILES string of the molecule is Cc1cc(C(C)Nc2cccc(F)c2C(=O)O)c2oc(-c3ccc(F)cc3F)c(C)c(=O)c2c1. The maximum atomic E-state index is 14.5. The Bertz CT molecular complexity index is 1510. The topological polar surface area (TPSA) is 79.5 Å². The number of hydrogen-bond acceptors (Lipinski definition) is 4. The van der Waals surface area contributed by atoms with Gasteiger partial charge in [0.1, 0.15) is 34.4 Å². The Morgan fingerprint density at radius 2 is 1.76 bits per heavy atom. The Morgan fingerprint density at radius 1 is 1.03 bits per heavy atom. The number of aryl methyl sites for hydroxylation is 1. The largest absolute Gasteiger partial charge is 0.478 e. The Kier molecular flexibility index (Phi) is 5.91. The molecule has 0 aliphatic rings. The van der Waals surface area contributed by atoms with Crippen molar-refractivity contribution in [1.82, 2.24) is 0 Å². The quantitative estimate of drug-likeness (QED) is 0.357. The van der Waals surface area contributed by atoms with Crippen LogP contribution in [0, 0.1) is 31.3 Å². The van der Waals surface area contributed by atoms with E-state index in [1.54, 1.807) is 26.0 Å². The monoisotopic (exact) mass is 467 g/mol. The molecule has 174 valence electrons. The van der Waals surface area contributed by atoms with Crippen molar-refractivity contribution in [2.45, 2.75) is 26.8 Å². The number of nitrogens with one attached hydrogen (secondary N) is 1. The van der Waals surface area contributed by atoms with Crippen LogP contribution in [0.1, 0.15) is 40.0 Å². The van der Waals surface area contributed by atoms with Gasteiger partial charge in [0.2, 0.25) is 0 Å². The average molecular weight is 467 g/mol. The van der Waals surface area contributed by atoms with E-state index in [9.17, 15) is 27.9 Å². The Morgan fingerprint density at radius 3 is 2.44 bits per heavy atom. The van der Waals surface area contributed by atoms with Crippen molar-refractivity contribution in [1.29, 1.82) is 0 Å². The first kappa shape index (κ1) is 23.1. The molecule has 0 bridgehead atoms. The summed E-state index contributed by atoms with van der Waals surface area (Å²) in [7, 11) is 0. The lowest BCUT2D eigenvalue weighted by atomic mass is 9.98. The number of rotatable bonds is 5. The van der Waals surface area contributed by atoms with E-state index in [0.29, 0.717) is 11.6 Å². The van der Waals surface area contributed by atoms with Gasteiger partial charge in [-0.25, -0.2) is 18.0 Å². The van der Waals surface area contributed by atoms with E-state index in [4.69, 9.17) is 4.42 Å². The van der Waals surface area contributed by atoms with Gasteiger partial charge in [0, 0.05) is 17.2 Å². The van der Waals surface area contributed by atoms with Gasteiger partial charge in [-0.05, 0) is 56.7 Å². The van der Waals surface area contributed by atoms with Crippen molar-refractivity contribution in [3.05, 3.63) is 98.5 Å². The normalized spacial score (nSPS) is 12.1. The predicted octanol–water partition coefficient (Wildman–Crippen LogP) is 6.37. The summed E-state index contributed by atoms with van der Waals surface area (Å²) in [5.74, 6) is -4.01. The van der Waals surface area contributed by atoms with E-state index in [1.165, 1.54) is 25.1 Å². The third kappa shape index (κ3) is 4.03. The van der Waals surface area contributed by atoms with Crippen molar-refractivity contribution in [3.63, 3.8) is 0 Å². The van der Waals surface area contributed by atoms with Crippen LogP contribution in [0.5, 0.6) is 0 Å². The molecule has 4 aromatic rings. The van der Waals surface area contributed by atoms with Crippen molar-refractivity contribution in [2.75, 3.05) is 5.32 Å². The number of hydrogen-bond donors (Lipinski definition) is 2.